The number of carbonyl (C=O) groups excluding carboxylic acids is 2. The molecule has 0 radical (unpaired) electrons. The third-order valence-corrected chi connectivity index (χ3v) is 6.05. The van der Waals surface area contributed by atoms with Crippen LogP contribution in [0.2, 0.25) is 0 Å². The topological polar surface area (TPSA) is 98.9 Å². The number of esters is 2. The number of unbranched alkanes of at least 4 members (excludes halogenated alkanes) is 3. The summed E-state index contributed by atoms with van der Waals surface area (Å²) in [5, 5.41) is 10.3. The molecule has 0 saturated carbocycles. The molecular formula is C25H41NO5S. The molecule has 6 nitrogen and oxygen atoms in total. The first-order valence-electron chi connectivity index (χ1n) is 11.3. The number of hydrogen-bond acceptors (Lipinski definition) is 7. The Morgan fingerprint density at radius 1 is 1.00 bits per heavy atom. The number of rotatable bonds is 18. The molecule has 3 atom stereocenters. The van der Waals surface area contributed by atoms with Crippen molar-refractivity contribution in [2.45, 2.75) is 75.7 Å². The molecule has 0 aromatic heterocycles. The second-order valence-corrected chi connectivity index (χ2v) is 8.58. The largest absolute Gasteiger partial charge is 0.469 e. The fourth-order valence-corrected chi connectivity index (χ4v) is 3.84. The molecule has 0 aliphatic rings. The van der Waals surface area contributed by atoms with Crippen molar-refractivity contribution in [2.75, 3.05) is 20.0 Å². The lowest BCUT2D eigenvalue weighted by Gasteiger charge is -2.20. The summed E-state index contributed by atoms with van der Waals surface area (Å²) >= 11 is 1.39. The summed E-state index contributed by atoms with van der Waals surface area (Å²) in [7, 11) is 2.64. The number of allylic oxidation sites excluding steroid dienone is 7. The maximum atomic E-state index is 11.5. The maximum absolute atomic E-state index is 11.5. The van der Waals surface area contributed by atoms with Gasteiger partial charge in [-0.2, -0.15) is 0 Å². The van der Waals surface area contributed by atoms with Gasteiger partial charge in [0.25, 0.3) is 0 Å². The molecule has 0 amide bonds. The number of carbonyl (C=O) groups is 2. The summed E-state index contributed by atoms with van der Waals surface area (Å²) in [5.74, 6) is -0.454. The zero-order valence-electron chi connectivity index (χ0n) is 19.8. The number of thioether (sulfide) groups is 1. The van der Waals surface area contributed by atoms with Gasteiger partial charge < -0.3 is 20.3 Å². The van der Waals surface area contributed by atoms with Crippen LogP contribution in [0, 0.1) is 0 Å². The normalized spacial score (nSPS) is 15.0. The van der Waals surface area contributed by atoms with Crippen LogP contribution in [0.5, 0.6) is 0 Å². The van der Waals surface area contributed by atoms with Crippen LogP contribution in [0.1, 0.15) is 58.3 Å². The van der Waals surface area contributed by atoms with Crippen LogP contribution in [0.3, 0.4) is 0 Å². The van der Waals surface area contributed by atoms with Crippen LogP contribution >= 0.6 is 11.8 Å². The van der Waals surface area contributed by atoms with Crippen molar-refractivity contribution in [3.8, 4) is 0 Å². The van der Waals surface area contributed by atoms with Crippen LogP contribution in [-0.4, -0.2) is 54.4 Å². The molecule has 0 heterocycles. The van der Waals surface area contributed by atoms with E-state index < -0.39 is 18.1 Å². The number of hydrogen-bond donors (Lipinski definition) is 2. The van der Waals surface area contributed by atoms with E-state index in [2.05, 4.69) is 34.6 Å². The molecule has 32 heavy (non-hydrogen) atoms. The minimum absolute atomic E-state index is 0.258. The molecule has 1 unspecified atom stereocenters. The smallest absolute Gasteiger partial charge is 0.323 e. The van der Waals surface area contributed by atoms with Gasteiger partial charge in [-0.05, 0) is 32.1 Å². The minimum atomic E-state index is -0.753. The van der Waals surface area contributed by atoms with Crippen molar-refractivity contribution in [1.82, 2.24) is 0 Å². The lowest BCUT2D eigenvalue weighted by atomic mass is 10.1. The van der Waals surface area contributed by atoms with Gasteiger partial charge in [-0.25, -0.2) is 0 Å². The number of nitrogens with two attached hydrogens (primary N) is 1. The van der Waals surface area contributed by atoms with E-state index in [1.165, 1.54) is 45.2 Å². The molecule has 0 aliphatic carbocycles. The lowest BCUT2D eigenvalue weighted by Crippen LogP contribution is -2.35. The quantitative estimate of drug-likeness (QED) is 0.133. The van der Waals surface area contributed by atoms with E-state index in [1.54, 1.807) is 0 Å². The summed E-state index contributed by atoms with van der Waals surface area (Å²) in [6, 6.07) is -0.753. The van der Waals surface area contributed by atoms with Gasteiger partial charge in [0.2, 0.25) is 0 Å². The zero-order valence-corrected chi connectivity index (χ0v) is 20.6. The van der Waals surface area contributed by atoms with Gasteiger partial charge >= 0.3 is 11.9 Å². The highest BCUT2D eigenvalue weighted by Crippen LogP contribution is 2.21. The molecule has 0 aliphatic heterocycles. The van der Waals surface area contributed by atoms with E-state index in [0.29, 0.717) is 18.6 Å². The van der Waals surface area contributed by atoms with Gasteiger partial charge in [-0.3, -0.25) is 9.59 Å². The highest BCUT2D eigenvalue weighted by molar-refractivity contribution is 8.00. The Labute approximate surface area is 198 Å². The van der Waals surface area contributed by atoms with Crippen molar-refractivity contribution in [3.63, 3.8) is 0 Å². The van der Waals surface area contributed by atoms with E-state index in [-0.39, 0.29) is 17.6 Å². The molecule has 7 heteroatoms. The summed E-state index contributed by atoms with van der Waals surface area (Å²) in [6.45, 7) is 2.21. The Morgan fingerprint density at radius 3 is 2.44 bits per heavy atom. The molecule has 0 spiro atoms. The van der Waals surface area contributed by atoms with Gasteiger partial charge in [0.1, 0.15) is 6.04 Å². The Bertz CT molecular complexity index is 615. The molecular weight excluding hydrogens is 426 g/mol. The van der Waals surface area contributed by atoms with Crippen molar-refractivity contribution < 1.29 is 24.2 Å². The van der Waals surface area contributed by atoms with Gasteiger partial charge in [-0.15, -0.1) is 11.8 Å². The maximum Gasteiger partial charge on any atom is 0.323 e. The second-order valence-electron chi connectivity index (χ2n) is 7.36. The van der Waals surface area contributed by atoms with Crippen molar-refractivity contribution in [1.29, 1.82) is 0 Å². The lowest BCUT2D eigenvalue weighted by molar-refractivity contribution is -0.142. The molecule has 0 fully saturated rings. The standard InChI is InChI=1S/C25H41NO5S/c1-4-5-6-7-8-9-10-11-12-13-14-15-18-23(32-20-21(26)25(29)31-3)22(27)17-16-19-24(28)30-2/h8-9,11-15,18,21-23,27H,4-7,10,16-17,19-20,26H2,1-3H3/t21?,22-,23+/m1/s1. The van der Waals surface area contributed by atoms with Crippen LogP contribution in [-0.2, 0) is 19.1 Å². The monoisotopic (exact) mass is 467 g/mol. The molecule has 0 saturated heterocycles. The third kappa shape index (κ3) is 16.8. The summed E-state index contributed by atoms with van der Waals surface area (Å²) in [5.41, 5.74) is 5.81. The average Bonchev–Trinajstić information content (AvgIpc) is 2.80. The molecule has 0 aromatic rings. The van der Waals surface area contributed by atoms with Gasteiger partial charge in [0.05, 0.1) is 20.3 Å². The Kier molecular flexibility index (Phi) is 19.8. The molecule has 0 rings (SSSR count). The van der Waals surface area contributed by atoms with E-state index in [9.17, 15) is 14.7 Å². The van der Waals surface area contributed by atoms with Gasteiger partial charge in [0.15, 0.2) is 0 Å². The molecule has 182 valence electrons. The van der Waals surface area contributed by atoms with Crippen molar-refractivity contribution >= 4 is 23.7 Å². The highest BCUT2D eigenvalue weighted by atomic mass is 32.2. The van der Waals surface area contributed by atoms with E-state index in [0.717, 1.165) is 12.8 Å². The predicted molar refractivity (Wildman–Crippen MR) is 133 cm³/mol. The number of ether oxygens (including phenoxy) is 2. The number of methoxy groups -OCH3 is 2. The summed E-state index contributed by atoms with van der Waals surface area (Å²) in [4.78, 5) is 22.8. The van der Waals surface area contributed by atoms with E-state index in [1.807, 2.05) is 30.4 Å². The van der Waals surface area contributed by atoms with E-state index >= 15 is 0 Å². The predicted octanol–water partition coefficient (Wildman–Crippen LogP) is 4.49. The first-order chi connectivity index (χ1) is 15.5. The van der Waals surface area contributed by atoms with E-state index in [4.69, 9.17) is 5.73 Å². The molecule has 0 bridgehead atoms. The molecule has 0 aromatic carbocycles. The van der Waals surface area contributed by atoms with Crippen molar-refractivity contribution in [2.24, 2.45) is 5.73 Å². The third-order valence-electron chi connectivity index (χ3n) is 4.64. The summed E-state index contributed by atoms with van der Waals surface area (Å²) < 4.78 is 9.28. The summed E-state index contributed by atoms with van der Waals surface area (Å²) in [6.07, 6.45) is 22.4. The Hall–Kier alpha value is -1.83. The Balaban J connectivity index is 4.62. The minimum Gasteiger partial charge on any atom is -0.469 e. The number of aliphatic hydroxyl groups is 1. The van der Waals surface area contributed by atoms with Crippen LogP contribution < -0.4 is 5.73 Å². The Morgan fingerprint density at radius 2 is 1.75 bits per heavy atom. The fourth-order valence-electron chi connectivity index (χ4n) is 2.71. The second kappa shape index (κ2) is 21.0. The van der Waals surface area contributed by atoms with Crippen LogP contribution in [0.15, 0.2) is 48.6 Å². The zero-order chi connectivity index (χ0) is 24.0. The first-order valence-corrected chi connectivity index (χ1v) is 12.4. The highest BCUT2D eigenvalue weighted by Gasteiger charge is 2.21. The van der Waals surface area contributed by atoms with Crippen LogP contribution in [0.25, 0.3) is 0 Å². The van der Waals surface area contributed by atoms with Gasteiger partial charge in [-0.1, -0.05) is 68.4 Å². The van der Waals surface area contributed by atoms with Crippen molar-refractivity contribution in [3.05, 3.63) is 48.6 Å². The number of aliphatic hydroxyl groups excluding tert-OH is 1. The van der Waals surface area contributed by atoms with Gasteiger partial charge in [0, 0.05) is 17.4 Å². The SMILES string of the molecule is CCCCCC=CCC=CC=CC=C[C@H](SCC(N)C(=O)OC)[C@H](O)CCCC(=O)OC. The molecule has 3 N–H and O–H groups in total. The fraction of sp³-hybridized carbons (Fsp3) is 0.600. The average molecular weight is 468 g/mol. The first kappa shape index (κ1) is 30.2. The van der Waals surface area contributed by atoms with Crippen LogP contribution in [0.4, 0.5) is 0 Å².